The third-order valence-corrected chi connectivity index (χ3v) is 4.42. The van der Waals surface area contributed by atoms with Gasteiger partial charge in [-0.05, 0) is 30.3 Å². The predicted octanol–water partition coefficient (Wildman–Crippen LogP) is 2.59. The van der Waals surface area contributed by atoms with Crippen LogP contribution in [0.25, 0.3) is 0 Å². The summed E-state index contributed by atoms with van der Waals surface area (Å²) in [5.74, 6) is 0. The van der Waals surface area contributed by atoms with Gasteiger partial charge >= 0.3 is 0 Å². The van der Waals surface area contributed by atoms with Gasteiger partial charge in [0.15, 0.2) is 0 Å². The molecule has 0 atom stereocenters. The second-order valence-corrected chi connectivity index (χ2v) is 6.01. The molecular formula is C13H10ClN3O2S. The van der Waals surface area contributed by atoms with Crippen molar-refractivity contribution in [2.75, 3.05) is 10.5 Å². The maximum absolute atomic E-state index is 12.2. The first kappa shape index (κ1) is 14.2. The van der Waals surface area contributed by atoms with Crippen molar-refractivity contribution in [3.05, 3.63) is 53.1 Å². The Bertz CT molecular complexity index is 798. The molecule has 0 bridgehead atoms. The number of hydrogen-bond acceptors (Lipinski definition) is 4. The number of nitrogens with one attached hydrogen (secondary N) is 1. The molecule has 0 unspecified atom stereocenters. The van der Waals surface area contributed by atoms with Gasteiger partial charge in [-0.2, -0.15) is 5.26 Å². The minimum atomic E-state index is -3.83. The van der Waals surface area contributed by atoms with E-state index in [1.54, 1.807) is 12.1 Å². The highest BCUT2D eigenvalue weighted by atomic mass is 35.5. The van der Waals surface area contributed by atoms with Crippen molar-refractivity contribution in [3.63, 3.8) is 0 Å². The Balaban J connectivity index is 2.40. The molecular weight excluding hydrogens is 298 g/mol. The van der Waals surface area contributed by atoms with Crippen molar-refractivity contribution in [2.45, 2.75) is 4.90 Å². The van der Waals surface area contributed by atoms with Gasteiger partial charge in [-0.25, -0.2) is 8.42 Å². The number of sulfonamides is 1. The molecule has 0 saturated heterocycles. The van der Waals surface area contributed by atoms with Crippen LogP contribution in [0.3, 0.4) is 0 Å². The number of nitrogen functional groups attached to an aromatic ring is 1. The standard InChI is InChI=1S/C13H10ClN3O2S/c14-10-3-1-2-4-13(10)20(18,19)17-12-6-5-9(8-15)7-11(12)16/h1-7,17H,16H2. The third kappa shape index (κ3) is 2.85. The largest absolute Gasteiger partial charge is 0.397 e. The Labute approximate surface area is 121 Å². The molecule has 20 heavy (non-hydrogen) atoms. The lowest BCUT2D eigenvalue weighted by atomic mass is 10.2. The molecule has 0 amide bonds. The first-order chi connectivity index (χ1) is 9.44. The van der Waals surface area contributed by atoms with Crippen molar-refractivity contribution in [1.82, 2.24) is 0 Å². The van der Waals surface area contributed by atoms with Crippen LogP contribution in [0.5, 0.6) is 0 Å². The van der Waals surface area contributed by atoms with Crippen LogP contribution in [0, 0.1) is 11.3 Å². The van der Waals surface area contributed by atoms with Crippen molar-refractivity contribution in [2.24, 2.45) is 0 Å². The smallest absolute Gasteiger partial charge is 0.263 e. The molecule has 0 aliphatic heterocycles. The molecule has 2 aromatic carbocycles. The number of nitriles is 1. The van der Waals surface area contributed by atoms with Crippen molar-refractivity contribution < 1.29 is 8.42 Å². The Morgan fingerprint density at radius 2 is 1.90 bits per heavy atom. The zero-order valence-corrected chi connectivity index (χ0v) is 11.7. The summed E-state index contributed by atoms with van der Waals surface area (Å²) in [6.45, 7) is 0. The summed E-state index contributed by atoms with van der Waals surface area (Å²) in [7, 11) is -3.83. The lowest BCUT2D eigenvalue weighted by molar-refractivity contribution is 0.601. The normalized spacial score (nSPS) is 10.8. The highest BCUT2D eigenvalue weighted by Crippen LogP contribution is 2.26. The lowest BCUT2D eigenvalue weighted by Gasteiger charge is -2.11. The minimum Gasteiger partial charge on any atom is -0.397 e. The molecule has 3 N–H and O–H groups in total. The summed E-state index contributed by atoms with van der Waals surface area (Å²) in [5.41, 5.74) is 6.42. The summed E-state index contributed by atoms with van der Waals surface area (Å²) in [6.07, 6.45) is 0. The average Bonchev–Trinajstić information content (AvgIpc) is 2.41. The summed E-state index contributed by atoms with van der Waals surface area (Å²) in [4.78, 5) is -0.0366. The van der Waals surface area contributed by atoms with Gasteiger partial charge in [0, 0.05) is 0 Å². The van der Waals surface area contributed by atoms with Gasteiger partial charge in [-0.15, -0.1) is 0 Å². The number of nitrogens with zero attached hydrogens (tertiary/aromatic N) is 1. The zero-order chi connectivity index (χ0) is 14.8. The zero-order valence-electron chi connectivity index (χ0n) is 10.2. The van der Waals surface area contributed by atoms with Crippen LogP contribution >= 0.6 is 11.6 Å². The van der Waals surface area contributed by atoms with E-state index in [9.17, 15) is 8.42 Å². The van der Waals surface area contributed by atoms with Crippen LogP contribution in [0.1, 0.15) is 5.56 Å². The highest BCUT2D eigenvalue weighted by Gasteiger charge is 2.18. The van der Waals surface area contributed by atoms with E-state index < -0.39 is 10.0 Å². The SMILES string of the molecule is N#Cc1ccc(NS(=O)(=O)c2ccccc2Cl)c(N)c1. The fourth-order valence-electron chi connectivity index (χ4n) is 1.59. The quantitative estimate of drug-likeness (QED) is 0.852. The van der Waals surface area contributed by atoms with Gasteiger partial charge in [0.1, 0.15) is 4.90 Å². The minimum absolute atomic E-state index is 0.0366. The molecule has 0 saturated carbocycles. The molecule has 0 aliphatic carbocycles. The van der Waals surface area contributed by atoms with E-state index >= 15 is 0 Å². The molecule has 0 fully saturated rings. The molecule has 102 valence electrons. The number of nitrogens with two attached hydrogens (primary N) is 1. The van der Waals surface area contributed by atoms with E-state index in [0.717, 1.165) is 0 Å². The average molecular weight is 308 g/mol. The van der Waals surface area contributed by atoms with Crippen LogP contribution in [-0.4, -0.2) is 8.42 Å². The lowest BCUT2D eigenvalue weighted by Crippen LogP contribution is -2.14. The summed E-state index contributed by atoms with van der Waals surface area (Å²) in [5, 5.41) is 8.86. The molecule has 0 heterocycles. The second-order valence-electron chi connectivity index (χ2n) is 3.95. The van der Waals surface area contributed by atoms with Crippen molar-refractivity contribution in [3.8, 4) is 6.07 Å². The third-order valence-electron chi connectivity index (χ3n) is 2.55. The Morgan fingerprint density at radius 1 is 1.20 bits per heavy atom. The van der Waals surface area contributed by atoms with Gasteiger partial charge in [0.25, 0.3) is 10.0 Å². The topological polar surface area (TPSA) is 96.0 Å². The molecule has 2 rings (SSSR count). The molecule has 0 spiro atoms. The van der Waals surface area contributed by atoms with E-state index in [1.807, 2.05) is 6.07 Å². The fourth-order valence-corrected chi connectivity index (χ4v) is 3.20. The van der Waals surface area contributed by atoms with Crippen LogP contribution in [0.4, 0.5) is 11.4 Å². The fraction of sp³-hybridized carbons (Fsp3) is 0. The maximum atomic E-state index is 12.2. The molecule has 2 aromatic rings. The Kier molecular flexibility index (Phi) is 3.84. The van der Waals surface area contributed by atoms with Crippen LogP contribution in [0.15, 0.2) is 47.4 Å². The monoisotopic (exact) mass is 307 g/mol. The van der Waals surface area contributed by atoms with E-state index in [2.05, 4.69) is 4.72 Å². The molecule has 0 radical (unpaired) electrons. The van der Waals surface area contributed by atoms with E-state index in [-0.39, 0.29) is 21.3 Å². The molecule has 5 nitrogen and oxygen atoms in total. The summed E-state index contributed by atoms with van der Waals surface area (Å²) in [6, 6.07) is 12.3. The first-order valence-corrected chi connectivity index (χ1v) is 7.37. The molecule has 0 aliphatic rings. The number of benzene rings is 2. The number of halogens is 1. The summed E-state index contributed by atoms with van der Waals surface area (Å²) < 4.78 is 26.8. The van der Waals surface area contributed by atoms with E-state index in [4.69, 9.17) is 22.6 Å². The van der Waals surface area contributed by atoms with Crippen molar-refractivity contribution in [1.29, 1.82) is 5.26 Å². The van der Waals surface area contributed by atoms with Gasteiger partial charge in [-0.1, -0.05) is 23.7 Å². The second kappa shape index (κ2) is 5.41. The van der Waals surface area contributed by atoms with Crippen LogP contribution in [0.2, 0.25) is 5.02 Å². The Morgan fingerprint density at radius 3 is 2.50 bits per heavy atom. The van der Waals surface area contributed by atoms with Gasteiger partial charge < -0.3 is 5.73 Å². The predicted molar refractivity (Wildman–Crippen MR) is 77.8 cm³/mol. The maximum Gasteiger partial charge on any atom is 0.263 e. The van der Waals surface area contributed by atoms with Crippen LogP contribution in [-0.2, 0) is 10.0 Å². The first-order valence-electron chi connectivity index (χ1n) is 5.51. The molecule has 0 aromatic heterocycles. The summed E-state index contributed by atoms with van der Waals surface area (Å²) >= 11 is 5.87. The van der Waals surface area contributed by atoms with Gasteiger partial charge in [0.2, 0.25) is 0 Å². The van der Waals surface area contributed by atoms with Crippen molar-refractivity contribution >= 4 is 33.0 Å². The Hall–Kier alpha value is -2.23. The van der Waals surface area contributed by atoms with E-state index in [0.29, 0.717) is 5.56 Å². The van der Waals surface area contributed by atoms with Crippen LogP contribution < -0.4 is 10.5 Å². The van der Waals surface area contributed by atoms with Gasteiger partial charge in [0.05, 0.1) is 28.0 Å². The number of rotatable bonds is 3. The molecule has 7 heteroatoms. The number of anilines is 2. The highest BCUT2D eigenvalue weighted by molar-refractivity contribution is 7.92. The van der Waals surface area contributed by atoms with Gasteiger partial charge in [-0.3, -0.25) is 4.72 Å². The number of hydrogen-bond donors (Lipinski definition) is 2. The van der Waals surface area contributed by atoms with E-state index in [1.165, 1.54) is 30.3 Å².